The lowest BCUT2D eigenvalue weighted by Gasteiger charge is -2.22. The average Bonchev–Trinajstić information content (AvgIpc) is 2.70. The number of nitrogens with zero attached hydrogens (tertiary/aromatic N) is 2. The van der Waals surface area contributed by atoms with Crippen LogP contribution in [-0.2, 0) is 14.4 Å². The molecule has 7 heteroatoms. The lowest BCUT2D eigenvalue weighted by atomic mass is 10.2. The van der Waals surface area contributed by atoms with Gasteiger partial charge in [-0.3, -0.25) is 14.4 Å². The van der Waals surface area contributed by atoms with Gasteiger partial charge in [0.05, 0.1) is 0 Å². The van der Waals surface area contributed by atoms with Crippen molar-refractivity contribution in [3.8, 4) is 0 Å². The second kappa shape index (κ2) is 3.45. The van der Waals surface area contributed by atoms with Gasteiger partial charge < -0.3 is 10.6 Å². The SMILES string of the molecule is O=CC1=NC2=C(C=O)NC(C=O)NC2=N1.[H+]. The maximum absolute atomic E-state index is 10.7. The lowest BCUT2D eigenvalue weighted by molar-refractivity contribution is -0.110. The molecule has 2 heterocycles. The summed E-state index contributed by atoms with van der Waals surface area (Å²) < 4.78 is 0. The van der Waals surface area contributed by atoms with Gasteiger partial charge in [-0.1, -0.05) is 0 Å². The van der Waals surface area contributed by atoms with Crippen molar-refractivity contribution in [1.29, 1.82) is 0 Å². The molecule has 2 aliphatic rings. The molecule has 0 fully saturated rings. The second-order valence-electron chi connectivity index (χ2n) is 2.83. The van der Waals surface area contributed by atoms with Gasteiger partial charge in [0.15, 0.2) is 36.7 Å². The molecule has 0 aromatic carbocycles. The number of aldehydes is 3. The molecule has 0 aliphatic carbocycles. The Hall–Kier alpha value is -2.31. The van der Waals surface area contributed by atoms with Crippen molar-refractivity contribution in [1.82, 2.24) is 10.6 Å². The van der Waals surface area contributed by atoms with Gasteiger partial charge in [-0.25, -0.2) is 9.98 Å². The number of aliphatic imine (C=N–C) groups is 2. The fraction of sp³-hybridized carbons (Fsp3) is 0.125. The predicted octanol–water partition coefficient (Wildman–Crippen LogP) is -1.76. The summed E-state index contributed by atoms with van der Waals surface area (Å²) in [5.41, 5.74) is 0.395. The summed E-state index contributed by atoms with van der Waals surface area (Å²) in [7, 11) is 0. The van der Waals surface area contributed by atoms with Crippen LogP contribution in [-0.4, -0.2) is 36.7 Å². The number of amidine groups is 2. The Labute approximate surface area is 85.5 Å². The molecule has 0 aromatic rings. The van der Waals surface area contributed by atoms with E-state index in [2.05, 4.69) is 20.6 Å². The third-order valence-corrected chi connectivity index (χ3v) is 1.89. The van der Waals surface area contributed by atoms with Crippen LogP contribution in [0.2, 0.25) is 0 Å². The minimum Gasteiger partial charge on any atom is -0.355 e. The van der Waals surface area contributed by atoms with Crippen LogP contribution in [0.1, 0.15) is 1.43 Å². The largest absolute Gasteiger partial charge is 1.00 e. The molecule has 76 valence electrons. The quantitative estimate of drug-likeness (QED) is 0.534. The van der Waals surface area contributed by atoms with Gasteiger partial charge >= 0.3 is 1.43 Å². The molecule has 0 amide bonds. The number of carbonyl (C=O) groups excluding carboxylic acids is 3. The zero-order valence-electron chi connectivity index (χ0n) is 8.43. The summed E-state index contributed by atoms with van der Waals surface area (Å²) in [6, 6.07) is 0. The highest BCUT2D eigenvalue weighted by Gasteiger charge is 2.28. The summed E-state index contributed by atoms with van der Waals surface area (Å²) in [5.74, 6) is 0.232. The first-order valence-corrected chi connectivity index (χ1v) is 4.09. The Balaban J connectivity index is 0.00000128. The number of rotatable bonds is 3. The smallest absolute Gasteiger partial charge is 0.355 e. The number of nitrogens with one attached hydrogen (secondary N) is 2. The van der Waals surface area contributed by atoms with Crippen molar-refractivity contribution >= 4 is 30.5 Å². The zero-order chi connectivity index (χ0) is 10.8. The topological polar surface area (TPSA) is 100.0 Å². The number of fused-ring (bicyclic) bond motifs is 1. The Kier molecular flexibility index (Phi) is 2.13. The monoisotopic (exact) mass is 207 g/mol. The molecular formula is C8H7N4O3+. The summed E-state index contributed by atoms with van der Waals surface area (Å²) in [6.45, 7) is 0. The van der Waals surface area contributed by atoms with E-state index in [-0.39, 0.29) is 24.5 Å². The number of hydrogen-bond acceptors (Lipinski definition) is 7. The molecule has 0 saturated carbocycles. The van der Waals surface area contributed by atoms with Crippen LogP contribution >= 0.6 is 0 Å². The molecule has 2 aliphatic heterocycles. The molecule has 1 atom stereocenters. The van der Waals surface area contributed by atoms with E-state index in [1.807, 2.05) is 0 Å². The van der Waals surface area contributed by atoms with Crippen LogP contribution in [0, 0.1) is 0 Å². The molecule has 15 heavy (non-hydrogen) atoms. The van der Waals surface area contributed by atoms with Gasteiger partial charge in [0.25, 0.3) is 0 Å². The fourth-order valence-electron chi connectivity index (χ4n) is 1.28. The predicted molar refractivity (Wildman–Crippen MR) is 51.3 cm³/mol. The molecule has 2 rings (SSSR count). The third kappa shape index (κ3) is 1.43. The normalized spacial score (nSPS) is 23.1. The van der Waals surface area contributed by atoms with Gasteiger partial charge in [0, 0.05) is 0 Å². The summed E-state index contributed by atoms with van der Waals surface area (Å²) in [4.78, 5) is 39.2. The van der Waals surface area contributed by atoms with Gasteiger partial charge in [-0.05, 0) is 0 Å². The maximum atomic E-state index is 10.7. The Morgan fingerprint density at radius 2 is 1.93 bits per heavy atom. The van der Waals surface area contributed by atoms with Crippen molar-refractivity contribution in [2.75, 3.05) is 0 Å². The van der Waals surface area contributed by atoms with Crippen LogP contribution in [0.15, 0.2) is 21.4 Å². The standard InChI is InChI=1S/C8H6N4O3/c13-1-4-7-8(11-5(2-14)9-4)12-6(3-15)10-7/h1-3,5,9H,(H,10,11,12)/p+1. The molecular weight excluding hydrogens is 200 g/mol. The van der Waals surface area contributed by atoms with E-state index < -0.39 is 6.17 Å². The summed E-state index contributed by atoms with van der Waals surface area (Å²) in [5, 5.41) is 5.27. The molecule has 0 aromatic heterocycles. The molecule has 2 N–H and O–H groups in total. The fourth-order valence-corrected chi connectivity index (χ4v) is 1.28. The van der Waals surface area contributed by atoms with E-state index in [9.17, 15) is 14.4 Å². The zero-order valence-corrected chi connectivity index (χ0v) is 7.43. The maximum Gasteiger partial charge on any atom is 1.00 e. The van der Waals surface area contributed by atoms with Gasteiger partial charge in [-0.15, -0.1) is 0 Å². The van der Waals surface area contributed by atoms with E-state index in [0.717, 1.165) is 0 Å². The minimum absolute atomic E-state index is 0. The number of hydrogen-bond donors (Lipinski definition) is 2. The van der Waals surface area contributed by atoms with Crippen molar-refractivity contribution in [2.24, 2.45) is 9.98 Å². The first-order valence-electron chi connectivity index (χ1n) is 4.09. The van der Waals surface area contributed by atoms with Crippen LogP contribution in [0.4, 0.5) is 0 Å². The van der Waals surface area contributed by atoms with E-state index in [1.54, 1.807) is 0 Å². The summed E-state index contributed by atoms with van der Waals surface area (Å²) in [6.07, 6.45) is 0.855. The van der Waals surface area contributed by atoms with Crippen molar-refractivity contribution < 1.29 is 15.8 Å². The third-order valence-electron chi connectivity index (χ3n) is 1.89. The molecule has 7 nitrogen and oxygen atoms in total. The first-order chi connectivity index (χ1) is 7.28. The number of allylic oxidation sites excluding steroid dienone is 1. The van der Waals surface area contributed by atoms with Crippen LogP contribution < -0.4 is 10.6 Å². The van der Waals surface area contributed by atoms with E-state index in [0.29, 0.717) is 18.9 Å². The molecule has 0 saturated heterocycles. The van der Waals surface area contributed by atoms with Crippen molar-refractivity contribution in [2.45, 2.75) is 6.17 Å². The highest BCUT2D eigenvalue weighted by Crippen LogP contribution is 2.14. The Morgan fingerprint density at radius 3 is 2.53 bits per heavy atom. The van der Waals surface area contributed by atoms with Crippen LogP contribution in [0.5, 0.6) is 0 Å². The molecule has 0 spiro atoms. The molecule has 0 radical (unpaired) electrons. The van der Waals surface area contributed by atoms with Gasteiger partial charge in [0.2, 0.25) is 0 Å². The lowest BCUT2D eigenvalue weighted by Crippen LogP contribution is -2.51. The average molecular weight is 207 g/mol. The second-order valence-corrected chi connectivity index (χ2v) is 2.83. The van der Waals surface area contributed by atoms with Crippen molar-refractivity contribution in [3.63, 3.8) is 0 Å². The molecule has 1 unspecified atom stereocenters. The van der Waals surface area contributed by atoms with E-state index >= 15 is 0 Å². The molecule has 0 bridgehead atoms. The van der Waals surface area contributed by atoms with E-state index in [4.69, 9.17) is 0 Å². The first kappa shape index (κ1) is 9.25. The number of carbonyl (C=O) groups is 3. The van der Waals surface area contributed by atoms with Gasteiger partial charge in [0.1, 0.15) is 11.4 Å². The van der Waals surface area contributed by atoms with Crippen LogP contribution in [0.3, 0.4) is 0 Å². The van der Waals surface area contributed by atoms with Gasteiger partial charge in [-0.2, -0.15) is 0 Å². The van der Waals surface area contributed by atoms with E-state index in [1.165, 1.54) is 0 Å². The highest BCUT2D eigenvalue weighted by atomic mass is 16.1. The Morgan fingerprint density at radius 1 is 1.13 bits per heavy atom. The van der Waals surface area contributed by atoms with Crippen LogP contribution in [0.25, 0.3) is 0 Å². The van der Waals surface area contributed by atoms with Crippen molar-refractivity contribution in [3.05, 3.63) is 11.4 Å². The minimum atomic E-state index is -0.728. The highest BCUT2D eigenvalue weighted by molar-refractivity contribution is 6.34. The Bertz CT molecular complexity index is 441. The summed E-state index contributed by atoms with van der Waals surface area (Å²) >= 11 is 0.